The van der Waals surface area contributed by atoms with Crippen molar-refractivity contribution >= 4 is 35.1 Å². The molecule has 2 aromatic carbocycles. The van der Waals surface area contributed by atoms with Gasteiger partial charge in [0.25, 0.3) is 5.91 Å². The molecule has 1 aliphatic rings. The second-order valence-corrected chi connectivity index (χ2v) is 7.85. The molecule has 1 N–H and O–H groups in total. The van der Waals surface area contributed by atoms with Gasteiger partial charge < -0.3 is 15.0 Å². The molecule has 1 saturated heterocycles. The molecule has 0 aromatic heterocycles. The van der Waals surface area contributed by atoms with Gasteiger partial charge >= 0.3 is 6.03 Å². The van der Waals surface area contributed by atoms with Crippen LogP contribution in [0.25, 0.3) is 0 Å². The summed E-state index contributed by atoms with van der Waals surface area (Å²) in [5.74, 6) is 0.319. The first-order valence-corrected chi connectivity index (χ1v) is 10.2. The van der Waals surface area contributed by atoms with Gasteiger partial charge in [-0.25, -0.2) is 4.79 Å². The van der Waals surface area contributed by atoms with Gasteiger partial charge in [0.05, 0.1) is 12.6 Å². The Morgan fingerprint density at radius 2 is 1.73 bits per heavy atom. The van der Waals surface area contributed by atoms with Gasteiger partial charge in [-0.1, -0.05) is 41.9 Å². The van der Waals surface area contributed by atoms with Crippen LogP contribution in [0, 0.1) is 0 Å². The van der Waals surface area contributed by atoms with Gasteiger partial charge in [-0.3, -0.25) is 9.69 Å². The number of rotatable bonds is 8. The van der Waals surface area contributed by atoms with Gasteiger partial charge in [-0.05, 0) is 42.0 Å². The first-order valence-electron chi connectivity index (χ1n) is 9.48. The normalized spacial score (nSPS) is 16.0. The topological polar surface area (TPSA) is 61.9 Å². The number of amides is 3. The fourth-order valence-electron chi connectivity index (χ4n) is 3.19. The molecule has 3 amide bonds. The highest BCUT2D eigenvalue weighted by molar-refractivity contribution is 6.30. The molecule has 1 atom stereocenters. The van der Waals surface area contributed by atoms with E-state index in [1.54, 1.807) is 41.1 Å². The van der Waals surface area contributed by atoms with Crippen molar-refractivity contribution in [2.45, 2.75) is 12.5 Å². The maximum Gasteiger partial charge on any atom is 0.324 e. The van der Waals surface area contributed by atoms with E-state index in [4.69, 9.17) is 27.9 Å². The van der Waals surface area contributed by atoms with E-state index in [1.807, 2.05) is 24.3 Å². The molecule has 1 fully saturated rings. The quantitative estimate of drug-likeness (QED) is 0.647. The Morgan fingerprint density at radius 3 is 2.37 bits per heavy atom. The van der Waals surface area contributed by atoms with E-state index >= 15 is 0 Å². The molecule has 3 rings (SSSR count). The highest BCUT2D eigenvalue weighted by Gasteiger charge is 2.36. The third-order valence-corrected chi connectivity index (χ3v) is 5.42. The molecule has 0 spiro atoms. The van der Waals surface area contributed by atoms with E-state index < -0.39 is 0 Å². The van der Waals surface area contributed by atoms with E-state index in [1.165, 1.54) is 0 Å². The average Bonchev–Trinajstić information content (AvgIpc) is 3.03. The fourth-order valence-corrected chi connectivity index (χ4v) is 3.44. The number of benzene rings is 2. The Bertz CT molecular complexity index is 916. The molecular weight excluding hydrogens is 425 g/mol. The minimum absolute atomic E-state index is 0.0751. The summed E-state index contributed by atoms with van der Waals surface area (Å²) >= 11 is 11.8. The third-order valence-electron chi connectivity index (χ3n) is 4.91. The largest absolute Gasteiger partial charge is 0.484 e. The summed E-state index contributed by atoms with van der Waals surface area (Å²) in [7, 11) is 1.77. The van der Waals surface area contributed by atoms with Crippen molar-refractivity contribution in [2.24, 2.45) is 0 Å². The SMILES string of the molecule is C=C(CCNC(=O)COc1ccc(Cl)cc1)N1C[C@H](c2ccc(Cl)cc2)N(C)C1=O. The highest BCUT2D eigenvalue weighted by Crippen LogP contribution is 2.31. The molecule has 30 heavy (non-hydrogen) atoms. The van der Waals surface area contributed by atoms with Gasteiger partial charge in [-0.2, -0.15) is 0 Å². The van der Waals surface area contributed by atoms with Crippen molar-refractivity contribution in [3.8, 4) is 5.75 Å². The van der Waals surface area contributed by atoms with Gasteiger partial charge in [0.1, 0.15) is 5.75 Å². The number of nitrogens with zero attached hydrogens (tertiary/aromatic N) is 2. The molecule has 0 bridgehead atoms. The van der Waals surface area contributed by atoms with E-state index in [9.17, 15) is 9.59 Å². The van der Waals surface area contributed by atoms with Crippen LogP contribution in [0.3, 0.4) is 0 Å². The number of hydrogen-bond donors (Lipinski definition) is 1. The van der Waals surface area contributed by atoms with Gasteiger partial charge in [0.2, 0.25) is 0 Å². The van der Waals surface area contributed by atoms with Crippen molar-refractivity contribution in [3.63, 3.8) is 0 Å². The van der Waals surface area contributed by atoms with Crippen molar-refractivity contribution in [1.29, 1.82) is 0 Å². The van der Waals surface area contributed by atoms with Crippen LogP contribution in [0.1, 0.15) is 18.0 Å². The lowest BCUT2D eigenvalue weighted by molar-refractivity contribution is -0.123. The van der Waals surface area contributed by atoms with Gasteiger partial charge in [0, 0.05) is 35.8 Å². The Kier molecular flexibility index (Phi) is 7.24. The summed E-state index contributed by atoms with van der Waals surface area (Å²) in [4.78, 5) is 27.9. The molecule has 0 saturated carbocycles. The van der Waals surface area contributed by atoms with E-state index in [-0.39, 0.29) is 24.6 Å². The Labute approximate surface area is 186 Å². The molecule has 0 unspecified atom stereocenters. The first-order chi connectivity index (χ1) is 14.3. The summed E-state index contributed by atoms with van der Waals surface area (Å²) in [5.41, 5.74) is 1.67. The summed E-state index contributed by atoms with van der Waals surface area (Å²) in [6, 6.07) is 14.1. The minimum Gasteiger partial charge on any atom is -0.484 e. The number of urea groups is 1. The van der Waals surface area contributed by atoms with Crippen LogP contribution in [-0.2, 0) is 4.79 Å². The molecule has 1 heterocycles. The van der Waals surface area contributed by atoms with Crippen LogP contribution in [0.15, 0.2) is 60.8 Å². The second kappa shape index (κ2) is 9.87. The fraction of sp³-hybridized carbons (Fsp3) is 0.273. The Morgan fingerprint density at radius 1 is 1.13 bits per heavy atom. The molecule has 0 aliphatic carbocycles. The maximum atomic E-state index is 12.6. The zero-order chi connectivity index (χ0) is 21.7. The van der Waals surface area contributed by atoms with Gasteiger partial charge in [-0.15, -0.1) is 0 Å². The van der Waals surface area contributed by atoms with Crippen molar-refractivity contribution in [3.05, 3.63) is 76.4 Å². The van der Waals surface area contributed by atoms with Crippen molar-refractivity contribution in [1.82, 2.24) is 15.1 Å². The third kappa shape index (κ3) is 5.46. The van der Waals surface area contributed by atoms with Crippen LogP contribution in [0.4, 0.5) is 4.79 Å². The average molecular weight is 448 g/mol. The number of halogens is 2. The zero-order valence-electron chi connectivity index (χ0n) is 16.6. The lowest BCUT2D eigenvalue weighted by atomic mass is 10.1. The number of ether oxygens (including phenoxy) is 1. The highest BCUT2D eigenvalue weighted by atomic mass is 35.5. The summed E-state index contributed by atoms with van der Waals surface area (Å²) in [6.45, 7) is 4.79. The summed E-state index contributed by atoms with van der Waals surface area (Å²) in [5, 5.41) is 4.03. The molecule has 2 aromatic rings. The van der Waals surface area contributed by atoms with Crippen LogP contribution in [-0.4, -0.2) is 48.5 Å². The van der Waals surface area contributed by atoms with Crippen LogP contribution < -0.4 is 10.1 Å². The number of hydrogen-bond acceptors (Lipinski definition) is 3. The van der Waals surface area contributed by atoms with E-state index in [0.717, 1.165) is 5.56 Å². The summed E-state index contributed by atoms with van der Waals surface area (Å²) < 4.78 is 5.41. The maximum absolute atomic E-state index is 12.6. The number of carbonyl (C=O) groups is 2. The number of nitrogens with one attached hydrogen (secondary N) is 1. The van der Waals surface area contributed by atoms with Crippen molar-refractivity contribution in [2.75, 3.05) is 26.7 Å². The lowest BCUT2D eigenvalue weighted by Gasteiger charge is -2.18. The monoisotopic (exact) mass is 447 g/mol. The minimum atomic E-state index is -0.248. The molecule has 1 aliphatic heterocycles. The van der Waals surface area contributed by atoms with Crippen LogP contribution in [0.2, 0.25) is 10.0 Å². The summed E-state index contributed by atoms with van der Waals surface area (Å²) in [6.07, 6.45) is 0.458. The Hall–Kier alpha value is -2.70. The molecule has 6 nitrogen and oxygen atoms in total. The number of carbonyl (C=O) groups excluding carboxylic acids is 2. The second-order valence-electron chi connectivity index (χ2n) is 6.98. The van der Waals surface area contributed by atoms with Crippen molar-refractivity contribution < 1.29 is 14.3 Å². The lowest BCUT2D eigenvalue weighted by Crippen LogP contribution is -2.33. The van der Waals surface area contributed by atoms with Crippen LogP contribution in [0.5, 0.6) is 5.75 Å². The first kappa shape index (κ1) is 22.0. The smallest absolute Gasteiger partial charge is 0.324 e. The molecule has 8 heteroatoms. The molecular formula is C22H23Cl2N3O3. The Balaban J connectivity index is 1.45. The van der Waals surface area contributed by atoms with E-state index in [2.05, 4.69) is 11.9 Å². The van der Waals surface area contributed by atoms with E-state index in [0.29, 0.717) is 41.0 Å². The molecule has 0 radical (unpaired) electrons. The zero-order valence-corrected chi connectivity index (χ0v) is 18.1. The standard InChI is InChI=1S/C22H23Cl2N3O3/c1-15(11-12-25-21(28)14-30-19-9-7-18(24)8-10-19)27-13-20(26(2)22(27)29)16-3-5-17(23)6-4-16/h3-10,20H,1,11-14H2,2H3,(H,25,28)/t20-/m1/s1. The van der Waals surface area contributed by atoms with Gasteiger partial charge in [0.15, 0.2) is 6.61 Å². The predicted molar refractivity (Wildman–Crippen MR) is 118 cm³/mol. The predicted octanol–water partition coefficient (Wildman–Crippen LogP) is 4.50. The number of likely N-dealkylation sites (N-methyl/N-ethyl adjacent to an activating group) is 1. The van der Waals surface area contributed by atoms with Crippen LogP contribution >= 0.6 is 23.2 Å². The molecule has 158 valence electrons.